The molecule has 5 rings (SSSR count). The van der Waals surface area contributed by atoms with E-state index in [-0.39, 0.29) is 30.4 Å². The molecular weight excluding hydrogens is 512 g/mol. The van der Waals surface area contributed by atoms with Gasteiger partial charge in [-0.25, -0.2) is 0 Å². The number of aliphatic hydroxyl groups is 1. The van der Waals surface area contributed by atoms with Crippen molar-refractivity contribution in [2.75, 3.05) is 41.3 Å². The number of rotatable bonds is 7. The molecule has 3 heterocycles. The van der Waals surface area contributed by atoms with E-state index in [1.807, 2.05) is 18.2 Å². The highest BCUT2D eigenvalue weighted by Gasteiger charge is 2.33. The molecule has 3 aliphatic rings. The number of carbonyl (C=O) groups is 2. The molecule has 8 nitrogen and oxygen atoms in total. The minimum absolute atomic E-state index is 0.0542. The van der Waals surface area contributed by atoms with Crippen LogP contribution in [0.15, 0.2) is 30.3 Å². The van der Waals surface area contributed by atoms with Crippen LogP contribution in [0, 0.1) is 5.92 Å². The Morgan fingerprint density at radius 2 is 1.81 bits per heavy atom. The smallest absolute Gasteiger partial charge is 0.261 e. The third-order valence-corrected chi connectivity index (χ3v) is 8.74. The predicted octanol–water partition coefficient (Wildman–Crippen LogP) is 4.82. The number of amides is 2. The summed E-state index contributed by atoms with van der Waals surface area (Å²) in [6.45, 7) is 2.61. The van der Waals surface area contributed by atoms with Crippen molar-refractivity contribution in [3.8, 4) is 0 Å². The molecular formula is C27H35ClN4O4S. The largest absolute Gasteiger partial charge is 0.370 e. The zero-order valence-corrected chi connectivity index (χ0v) is 22.5. The van der Waals surface area contributed by atoms with E-state index >= 15 is 0 Å². The van der Waals surface area contributed by atoms with E-state index in [1.54, 1.807) is 17.0 Å². The van der Waals surface area contributed by atoms with Gasteiger partial charge in [-0.3, -0.25) is 9.59 Å². The molecule has 10 heteroatoms. The zero-order valence-electron chi connectivity index (χ0n) is 21.0. The third kappa shape index (κ3) is 6.39. The summed E-state index contributed by atoms with van der Waals surface area (Å²) in [5, 5.41) is 16.8. The lowest BCUT2D eigenvalue weighted by Crippen LogP contribution is -2.34. The Kier molecular flexibility index (Phi) is 8.54. The van der Waals surface area contributed by atoms with Crippen LogP contribution >= 0.6 is 22.9 Å². The first-order chi connectivity index (χ1) is 18.0. The molecule has 2 unspecified atom stereocenters. The second-order valence-corrected chi connectivity index (χ2v) is 11.8. The summed E-state index contributed by atoms with van der Waals surface area (Å²) in [6, 6.07) is 9.34. The van der Waals surface area contributed by atoms with Crippen LogP contribution in [0.4, 0.5) is 17.1 Å². The number of anilines is 3. The van der Waals surface area contributed by atoms with Gasteiger partial charge < -0.3 is 30.3 Å². The number of thiophene rings is 1. The molecule has 2 atom stereocenters. The molecule has 1 aromatic heterocycles. The number of aliphatic hydroxyl groups excluding tert-OH is 1. The average Bonchev–Trinajstić information content (AvgIpc) is 3.53. The minimum Gasteiger partial charge on any atom is -0.370 e. The average molecular weight is 547 g/mol. The summed E-state index contributed by atoms with van der Waals surface area (Å²) in [7, 11) is 0. The predicted molar refractivity (Wildman–Crippen MR) is 148 cm³/mol. The highest BCUT2D eigenvalue weighted by molar-refractivity contribution is 7.18. The molecule has 2 amide bonds. The van der Waals surface area contributed by atoms with E-state index < -0.39 is 6.41 Å². The molecule has 200 valence electrons. The Morgan fingerprint density at radius 3 is 2.54 bits per heavy atom. The van der Waals surface area contributed by atoms with E-state index in [4.69, 9.17) is 16.3 Å². The van der Waals surface area contributed by atoms with E-state index in [9.17, 15) is 14.7 Å². The Labute approximate surface area is 226 Å². The van der Waals surface area contributed by atoms with Crippen LogP contribution in [0.25, 0.3) is 0 Å². The fourth-order valence-electron chi connectivity index (χ4n) is 5.49. The first-order valence-corrected chi connectivity index (χ1v) is 14.5. The molecule has 1 aliphatic carbocycles. The molecule has 2 aromatic rings. The summed E-state index contributed by atoms with van der Waals surface area (Å²) in [5.74, 6) is -0.0758. The second-order valence-electron chi connectivity index (χ2n) is 10.1. The van der Waals surface area contributed by atoms with Crippen LogP contribution in [-0.4, -0.2) is 55.6 Å². The molecule has 1 aromatic carbocycles. The molecule has 2 aliphatic heterocycles. The summed E-state index contributed by atoms with van der Waals surface area (Å²) in [4.78, 5) is 30.2. The van der Waals surface area contributed by atoms with Gasteiger partial charge in [0.25, 0.3) is 5.91 Å². The lowest BCUT2D eigenvalue weighted by molar-refractivity contribution is -0.120. The van der Waals surface area contributed by atoms with Crippen molar-refractivity contribution < 1.29 is 19.4 Å². The zero-order chi connectivity index (χ0) is 25.8. The normalized spacial score (nSPS) is 22.8. The number of ether oxygens (including phenoxy) is 1. The van der Waals surface area contributed by atoms with Crippen LogP contribution in [0.1, 0.15) is 61.0 Å². The maximum absolute atomic E-state index is 13.2. The van der Waals surface area contributed by atoms with Crippen molar-refractivity contribution >= 4 is 51.8 Å². The number of piperidine rings is 1. The Hall–Kier alpha value is -2.33. The fourth-order valence-corrected chi connectivity index (χ4v) is 6.45. The maximum Gasteiger partial charge on any atom is 0.261 e. The Balaban J connectivity index is 1.29. The first-order valence-electron chi connectivity index (χ1n) is 13.3. The maximum atomic E-state index is 13.2. The summed E-state index contributed by atoms with van der Waals surface area (Å²) in [6.07, 6.45) is 7.28. The summed E-state index contributed by atoms with van der Waals surface area (Å²) < 4.78 is 6.29. The number of nitrogens with one attached hydrogen (secondary N) is 2. The standard InChI is InChI=1S/C27H35ClN4O4S/c28-24-12-11-23(37-24)26(34)29-16-20-17-32(27(35)36-20)19-9-10-22(31-13-5-2-6-14-31)21(15-19)30-25(33)18-7-3-1-4-8-18/h9-12,15,18,20,27,35H,1-8,13-14,16-17H2,(H,29,34)(H,30,33). The van der Waals surface area contributed by atoms with Crippen LogP contribution in [-0.2, 0) is 9.53 Å². The highest BCUT2D eigenvalue weighted by Crippen LogP contribution is 2.36. The SMILES string of the molecule is O=C(NCC1CN(c2ccc(N3CCCCC3)c(NC(=O)C3CCCCC3)c2)C(O)O1)c1ccc(Cl)s1. The molecule has 0 radical (unpaired) electrons. The number of carbonyl (C=O) groups excluding carboxylic acids is 2. The number of nitrogens with zero attached hydrogens (tertiary/aromatic N) is 2. The Bertz CT molecular complexity index is 1100. The van der Waals surface area contributed by atoms with Crippen LogP contribution in [0.3, 0.4) is 0 Å². The number of halogens is 1. The molecule has 37 heavy (non-hydrogen) atoms. The van der Waals surface area contributed by atoms with Gasteiger partial charge in [0, 0.05) is 31.2 Å². The van der Waals surface area contributed by atoms with Gasteiger partial charge in [-0.2, -0.15) is 0 Å². The molecule has 0 spiro atoms. The van der Waals surface area contributed by atoms with E-state index in [0.29, 0.717) is 15.8 Å². The molecule has 1 saturated carbocycles. The van der Waals surface area contributed by atoms with Crippen molar-refractivity contribution in [2.45, 2.75) is 63.9 Å². The van der Waals surface area contributed by atoms with Crippen molar-refractivity contribution in [1.82, 2.24) is 5.32 Å². The van der Waals surface area contributed by atoms with Crippen molar-refractivity contribution in [1.29, 1.82) is 0 Å². The van der Waals surface area contributed by atoms with Gasteiger partial charge in [-0.1, -0.05) is 30.9 Å². The second kappa shape index (κ2) is 12.0. The van der Waals surface area contributed by atoms with E-state index in [0.717, 1.165) is 68.7 Å². The number of hydrogen-bond acceptors (Lipinski definition) is 7. The van der Waals surface area contributed by atoms with Crippen LogP contribution < -0.4 is 20.4 Å². The minimum atomic E-state index is -1.14. The monoisotopic (exact) mass is 546 g/mol. The van der Waals surface area contributed by atoms with Gasteiger partial charge >= 0.3 is 0 Å². The van der Waals surface area contributed by atoms with Gasteiger partial charge in [0.1, 0.15) is 0 Å². The van der Waals surface area contributed by atoms with E-state index in [1.165, 1.54) is 24.2 Å². The molecule has 3 N–H and O–H groups in total. The Morgan fingerprint density at radius 1 is 1.05 bits per heavy atom. The van der Waals surface area contributed by atoms with Gasteiger partial charge in [-0.15, -0.1) is 11.3 Å². The molecule has 3 fully saturated rings. The van der Waals surface area contributed by atoms with Crippen molar-refractivity contribution in [2.24, 2.45) is 5.92 Å². The fraction of sp³-hybridized carbons (Fsp3) is 0.556. The van der Waals surface area contributed by atoms with Gasteiger partial charge in [0.15, 0.2) is 0 Å². The molecule has 0 bridgehead atoms. The lowest BCUT2D eigenvalue weighted by atomic mass is 9.88. The van der Waals surface area contributed by atoms with E-state index in [2.05, 4.69) is 15.5 Å². The highest BCUT2D eigenvalue weighted by atomic mass is 35.5. The quantitative estimate of drug-likeness (QED) is 0.461. The van der Waals surface area contributed by atoms with Crippen molar-refractivity contribution in [3.05, 3.63) is 39.5 Å². The van der Waals surface area contributed by atoms with Gasteiger partial charge in [0.05, 0.1) is 33.2 Å². The summed E-state index contributed by atoms with van der Waals surface area (Å²) in [5.41, 5.74) is 2.58. The first kappa shape index (κ1) is 26.3. The topological polar surface area (TPSA) is 94.1 Å². The molecule has 2 saturated heterocycles. The number of hydrogen-bond donors (Lipinski definition) is 3. The third-order valence-electron chi connectivity index (χ3n) is 7.51. The van der Waals surface area contributed by atoms with Crippen LogP contribution in [0.5, 0.6) is 0 Å². The van der Waals surface area contributed by atoms with Crippen molar-refractivity contribution in [3.63, 3.8) is 0 Å². The van der Waals surface area contributed by atoms with Gasteiger partial charge in [0.2, 0.25) is 12.3 Å². The summed E-state index contributed by atoms with van der Waals surface area (Å²) >= 11 is 7.15. The number of benzene rings is 1. The van der Waals surface area contributed by atoms with Gasteiger partial charge in [-0.05, 0) is 62.4 Å². The van der Waals surface area contributed by atoms with Crippen LogP contribution in [0.2, 0.25) is 4.34 Å². The lowest BCUT2D eigenvalue weighted by Gasteiger charge is -2.32.